The van der Waals surface area contributed by atoms with Crippen LogP contribution >= 0.6 is 0 Å². The lowest BCUT2D eigenvalue weighted by atomic mass is 10.1. The molecule has 2 heterocycles. The maximum absolute atomic E-state index is 12.4. The van der Waals surface area contributed by atoms with E-state index in [0.717, 1.165) is 17.8 Å². The standard InChI is InChI=1S/C14H22N6O/c1-5-19-8-11(10(4)18-19)9(3)17-14(21)13-12(15)7-16-20(13)6-2/h7-9H,5-6,15H2,1-4H3,(H,17,21). The van der Waals surface area contributed by atoms with Gasteiger partial charge in [-0.2, -0.15) is 10.2 Å². The van der Waals surface area contributed by atoms with Gasteiger partial charge in [0.25, 0.3) is 5.91 Å². The van der Waals surface area contributed by atoms with Gasteiger partial charge in [0, 0.05) is 24.8 Å². The average molecular weight is 290 g/mol. The Hall–Kier alpha value is -2.31. The maximum atomic E-state index is 12.4. The van der Waals surface area contributed by atoms with Gasteiger partial charge < -0.3 is 11.1 Å². The van der Waals surface area contributed by atoms with Gasteiger partial charge in [-0.3, -0.25) is 14.2 Å². The molecule has 114 valence electrons. The molecule has 1 unspecified atom stereocenters. The number of nitrogens with two attached hydrogens (primary N) is 1. The quantitative estimate of drug-likeness (QED) is 0.873. The van der Waals surface area contributed by atoms with Crippen LogP contribution in [0.1, 0.15) is 48.6 Å². The number of carbonyl (C=O) groups is 1. The number of nitrogens with zero attached hydrogens (tertiary/aromatic N) is 4. The normalized spacial score (nSPS) is 12.4. The molecule has 1 atom stereocenters. The second-order valence-corrected chi connectivity index (χ2v) is 4.98. The van der Waals surface area contributed by atoms with Crippen molar-refractivity contribution < 1.29 is 4.79 Å². The highest BCUT2D eigenvalue weighted by Gasteiger charge is 2.20. The van der Waals surface area contributed by atoms with Crippen LogP contribution in [-0.2, 0) is 13.1 Å². The molecule has 0 fully saturated rings. The number of hydrogen-bond donors (Lipinski definition) is 2. The van der Waals surface area contributed by atoms with Gasteiger partial charge in [0.1, 0.15) is 5.69 Å². The molecule has 2 aromatic rings. The molecule has 0 saturated carbocycles. The van der Waals surface area contributed by atoms with E-state index in [1.807, 2.05) is 38.6 Å². The summed E-state index contributed by atoms with van der Waals surface area (Å²) in [7, 11) is 0. The third kappa shape index (κ3) is 2.91. The number of nitrogens with one attached hydrogen (secondary N) is 1. The minimum atomic E-state index is -0.219. The number of rotatable bonds is 5. The summed E-state index contributed by atoms with van der Waals surface area (Å²) in [5, 5.41) is 11.4. The number of nitrogen functional groups attached to an aromatic ring is 1. The predicted octanol–water partition coefficient (Wildman–Crippen LogP) is 1.50. The molecular weight excluding hydrogens is 268 g/mol. The molecule has 0 aliphatic heterocycles. The fourth-order valence-corrected chi connectivity index (χ4v) is 2.35. The van der Waals surface area contributed by atoms with Crippen LogP contribution in [-0.4, -0.2) is 25.5 Å². The van der Waals surface area contributed by atoms with Gasteiger partial charge in [-0.05, 0) is 27.7 Å². The smallest absolute Gasteiger partial charge is 0.272 e. The Morgan fingerprint density at radius 1 is 1.43 bits per heavy atom. The van der Waals surface area contributed by atoms with Gasteiger partial charge >= 0.3 is 0 Å². The first kappa shape index (κ1) is 15.1. The summed E-state index contributed by atoms with van der Waals surface area (Å²) < 4.78 is 3.46. The minimum absolute atomic E-state index is 0.141. The van der Waals surface area contributed by atoms with E-state index in [2.05, 4.69) is 15.5 Å². The number of aryl methyl sites for hydroxylation is 3. The Kier molecular flexibility index (Phi) is 4.30. The SMILES string of the molecule is CCn1cc(C(C)NC(=O)c2c(N)cnn2CC)c(C)n1. The molecule has 21 heavy (non-hydrogen) atoms. The zero-order valence-electron chi connectivity index (χ0n) is 12.9. The van der Waals surface area contributed by atoms with Crippen molar-refractivity contribution in [1.29, 1.82) is 0 Å². The maximum Gasteiger partial charge on any atom is 0.272 e. The van der Waals surface area contributed by atoms with Crippen LogP contribution in [0, 0.1) is 6.92 Å². The van der Waals surface area contributed by atoms with Crippen molar-refractivity contribution in [2.75, 3.05) is 5.73 Å². The van der Waals surface area contributed by atoms with Gasteiger partial charge in [0.2, 0.25) is 0 Å². The number of hydrogen-bond acceptors (Lipinski definition) is 4. The number of amides is 1. The van der Waals surface area contributed by atoms with E-state index in [1.54, 1.807) is 4.68 Å². The molecule has 0 bridgehead atoms. The van der Waals surface area contributed by atoms with Crippen LogP contribution in [0.4, 0.5) is 5.69 Å². The van der Waals surface area contributed by atoms with Gasteiger partial charge in [0.15, 0.2) is 0 Å². The summed E-state index contributed by atoms with van der Waals surface area (Å²) in [5.74, 6) is -0.219. The van der Waals surface area contributed by atoms with Crippen molar-refractivity contribution in [3.05, 3.63) is 29.3 Å². The van der Waals surface area contributed by atoms with E-state index < -0.39 is 0 Å². The zero-order chi connectivity index (χ0) is 15.6. The molecule has 7 nitrogen and oxygen atoms in total. The molecule has 0 aromatic carbocycles. The van der Waals surface area contributed by atoms with Crippen LogP contribution in [0.5, 0.6) is 0 Å². The second kappa shape index (κ2) is 5.99. The van der Waals surface area contributed by atoms with E-state index in [-0.39, 0.29) is 11.9 Å². The molecule has 0 aliphatic carbocycles. The van der Waals surface area contributed by atoms with Crippen LogP contribution in [0.3, 0.4) is 0 Å². The highest BCUT2D eigenvalue weighted by Crippen LogP contribution is 2.18. The lowest BCUT2D eigenvalue weighted by molar-refractivity contribution is 0.0930. The number of carbonyl (C=O) groups excluding carboxylic acids is 1. The summed E-state index contributed by atoms with van der Waals surface area (Å²) in [6.07, 6.45) is 3.46. The predicted molar refractivity (Wildman–Crippen MR) is 80.8 cm³/mol. The Bertz CT molecular complexity index is 642. The van der Waals surface area contributed by atoms with Crippen molar-refractivity contribution in [3.63, 3.8) is 0 Å². The fraction of sp³-hybridized carbons (Fsp3) is 0.500. The van der Waals surface area contributed by atoms with E-state index in [9.17, 15) is 4.79 Å². The lowest BCUT2D eigenvalue weighted by Gasteiger charge is -2.14. The monoisotopic (exact) mass is 290 g/mol. The van der Waals surface area contributed by atoms with E-state index in [0.29, 0.717) is 17.9 Å². The first-order valence-corrected chi connectivity index (χ1v) is 7.14. The minimum Gasteiger partial charge on any atom is -0.396 e. The van der Waals surface area contributed by atoms with Crippen molar-refractivity contribution in [2.45, 2.75) is 46.8 Å². The molecule has 0 spiro atoms. The molecule has 2 rings (SSSR count). The highest BCUT2D eigenvalue weighted by atomic mass is 16.2. The van der Waals surface area contributed by atoms with Crippen LogP contribution < -0.4 is 11.1 Å². The molecule has 0 aliphatic rings. The van der Waals surface area contributed by atoms with E-state index in [1.165, 1.54) is 6.20 Å². The Morgan fingerprint density at radius 3 is 2.71 bits per heavy atom. The van der Waals surface area contributed by atoms with Gasteiger partial charge in [0.05, 0.1) is 23.6 Å². The summed E-state index contributed by atoms with van der Waals surface area (Å²) >= 11 is 0. The van der Waals surface area contributed by atoms with Crippen LogP contribution in [0.25, 0.3) is 0 Å². The third-order valence-corrected chi connectivity index (χ3v) is 3.50. The van der Waals surface area contributed by atoms with Crippen LogP contribution in [0.2, 0.25) is 0 Å². The topological polar surface area (TPSA) is 90.8 Å². The summed E-state index contributed by atoms with van der Waals surface area (Å²) in [6.45, 7) is 9.22. The summed E-state index contributed by atoms with van der Waals surface area (Å²) in [4.78, 5) is 12.4. The van der Waals surface area contributed by atoms with Gasteiger partial charge in [-0.25, -0.2) is 0 Å². The van der Waals surface area contributed by atoms with E-state index >= 15 is 0 Å². The number of anilines is 1. The number of aromatic nitrogens is 4. The fourth-order valence-electron chi connectivity index (χ4n) is 2.35. The lowest BCUT2D eigenvalue weighted by Crippen LogP contribution is -2.29. The molecular formula is C14H22N6O. The first-order chi connectivity index (χ1) is 9.97. The third-order valence-electron chi connectivity index (χ3n) is 3.50. The second-order valence-electron chi connectivity index (χ2n) is 4.98. The first-order valence-electron chi connectivity index (χ1n) is 7.14. The highest BCUT2D eigenvalue weighted by molar-refractivity contribution is 5.97. The molecule has 7 heteroatoms. The van der Waals surface area contributed by atoms with Crippen molar-refractivity contribution in [3.8, 4) is 0 Å². The Balaban J connectivity index is 2.18. The van der Waals surface area contributed by atoms with Crippen molar-refractivity contribution >= 4 is 11.6 Å². The zero-order valence-corrected chi connectivity index (χ0v) is 12.9. The molecule has 1 amide bonds. The summed E-state index contributed by atoms with van der Waals surface area (Å²) in [5.41, 5.74) is 8.55. The Labute approximate surface area is 124 Å². The Morgan fingerprint density at radius 2 is 2.14 bits per heavy atom. The van der Waals surface area contributed by atoms with Gasteiger partial charge in [-0.1, -0.05) is 0 Å². The largest absolute Gasteiger partial charge is 0.396 e. The van der Waals surface area contributed by atoms with Gasteiger partial charge in [-0.15, -0.1) is 0 Å². The van der Waals surface area contributed by atoms with Crippen LogP contribution in [0.15, 0.2) is 12.4 Å². The molecule has 3 N–H and O–H groups in total. The summed E-state index contributed by atoms with van der Waals surface area (Å²) in [6, 6.07) is -0.141. The molecule has 0 radical (unpaired) electrons. The molecule has 2 aromatic heterocycles. The molecule has 0 saturated heterocycles. The van der Waals surface area contributed by atoms with E-state index in [4.69, 9.17) is 5.73 Å². The van der Waals surface area contributed by atoms with Crippen molar-refractivity contribution in [2.24, 2.45) is 0 Å². The average Bonchev–Trinajstić information content (AvgIpc) is 3.01. The van der Waals surface area contributed by atoms with Crippen molar-refractivity contribution in [1.82, 2.24) is 24.9 Å².